The van der Waals surface area contributed by atoms with E-state index in [2.05, 4.69) is 80.4 Å². The topological polar surface area (TPSA) is 30.9 Å². The molecule has 126 valence electrons. The van der Waals surface area contributed by atoms with Crippen LogP contribution in [-0.2, 0) is 13.1 Å². The number of nitrogens with one attached hydrogen (secondary N) is 1. The van der Waals surface area contributed by atoms with Crippen LogP contribution in [0.15, 0.2) is 58.2 Å². The van der Waals surface area contributed by atoms with Gasteiger partial charge in [0.25, 0.3) is 0 Å². The quantitative estimate of drug-likeness (QED) is 0.514. The molecule has 0 fully saturated rings. The average Bonchev–Trinajstić information content (AvgIpc) is 3.29. The maximum absolute atomic E-state index is 4.38. The Morgan fingerprint density at radius 1 is 1.17 bits per heavy atom. The van der Waals surface area contributed by atoms with Gasteiger partial charge in [0.1, 0.15) is 0 Å². The van der Waals surface area contributed by atoms with Crippen LogP contribution in [-0.4, -0.2) is 38.0 Å². The highest BCUT2D eigenvalue weighted by atomic mass is 32.1. The average molecular weight is 340 g/mol. The van der Waals surface area contributed by atoms with Gasteiger partial charge in [0.15, 0.2) is 5.96 Å². The fourth-order valence-electron chi connectivity index (χ4n) is 2.81. The minimum absolute atomic E-state index is 0.777. The van der Waals surface area contributed by atoms with E-state index in [1.54, 1.807) is 11.3 Å². The minimum Gasteiger partial charge on any atom is -0.364 e. The third-order valence-electron chi connectivity index (χ3n) is 4.14. The van der Waals surface area contributed by atoms with Crippen molar-refractivity contribution in [3.8, 4) is 0 Å². The zero-order valence-corrected chi connectivity index (χ0v) is 15.1. The molecule has 0 saturated carbocycles. The second-order valence-electron chi connectivity index (χ2n) is 5.93. The molecule has 0 bridgehead atoms. The van der Waals surface area contributed by atoms with Gasteiger partial charge < -0.3 is 15.1 Å². The number of thiophene rings is 1. The third kappa shape index (κ3) is 4.17. The van der Waals surface area contributed by atoms with E-state index in [9.17, 15) is 0 Å². The fourth-order valence-corrected chi connectivity index (χ4v) is 3.47. The van der Waals surface area contributed by atoms with Crippen LogP contribution in [0.25, 0.3) is 0 Å². The lowest BCUT2D eigenvalue weighted by atomic mass is 10.2. The van der Waals surface area contributed by atoms with E-state index in [-0.39, 0.29) is 0 Å². The molecule has 4 nitrogen and oxygen atoms in total. The van der Waals surface area contributed by atoms with E-state index in [1.165, 1.54) is 16.8 Å². The zero-order valence-electron chi connectivity index (χ0n) is 14.3. The third-order valence-corrected chi connectivity index (χ3v) is 4.88. The normalized spacial score (nSPS) is 14.2. The molecule has 0 saturated heterocycles. The molecule has 0 spiro atoms. The number of hydrogen-bond acceptors (Lipinski definition) is 3. The summed E-state index contributed by atoms with van der Waals surface area (Å²) in [4.78, 5) is 8.88. The van der Waals surface area contributed by atoms with Gasteiger partial charge in [-0.1, -0.05) is 24.3 Å². The van der Waals surface area contributed by atoms with Crippen molar-refractivity contribution >= 4 is 23.0 Å². The Bertz CT molecular complexity index is 681. The highest BCUT2D eigenvalue weighted by Crippen LogP contribution is 2.17. The van der Waals surface area contributed by atoms with Gasteiger partial charge in [-0.2, -0.15) is 11.3 Å². The maximum atomic E-state index is 4.38. The summed E-state index contributed by atoms with van der Waals surface area (Å²) in [6.45, 7) is 3.67. The van der Waals surface area contributed by atoms with E-state index in [4.69, 9.17) is 0 Å². The number of nitrogens with zero attached hydrogens (tertiary/aromatic N) is 3. The molecule has 24 heavy (non-hydrogen) atoms. The standard InChI is InChI=1S/C19H24N4S/c1-20-19(22(2)14-17-9-12-24-15-17)21-13-16-5-7-18(8-6-16)23-10-3-4-11-23/h3-9,12,15H,10-11,13-14H2,1-2H3,(H,20,21). The molecule has 1 aliphatic rings. The molecule has 1 aromatic heterocycles. The van der Waals surface area contributed by atoms with Crippen LogP contribution in [0.4, 0.5) is 5.69 Å². The Morgan fingerprint density at radius 2 is 1.92 bits per heavy atom. The van der Waals surface area contributed by atoms with Gasteiger partial charge in [0.2, 0.25) is 0 Å². The molecule has 0 atom stereocenters. The molecule has 2 heterocycles. The summed E-state index contributed by atoms with van der Waals surface area (Å²) in [5.74, 6) is 0.911. The molecule has 0 aliphatic carbocycles. The largest absolute Gasteiger partial charge is 0.364 e. The van der Waals surface area contributed by atoms with Gasteiger partial charge in [0, 0.05) is 46.0 Å². The van der Waals surface area contributed by atoms with E-state index in [0.717, 1.165) is 32.1 Å². The smallest absolute Gasteiger partial charge is 0.193 e. The molecule has 2 aromatic rings. The van der Waals surface area contributed by atoms with Crippen LogP contribution < -0.4 is 10.2 Å². The second-order valence-corrected chi connectivity index (χ2v) is 6.71. The Morgan fingerprint density at radius 3 is 2.54 bits per heavy atom. The summed E-state index contributed by atoms with van der Waals surface area (Å²) in [5, 5.41) is 7.72. The summed E-state index contributed by atoms with van der Waals surface area (Å²) in [7, 11) is 3.90. The van der Waals surface area contributed by atoms with Crippen molar-refractivity contribution in [2.75, 3.05) is 32.1 Å². The first-order chi connectivity index (χ1) is 11.8. The van der Waals surface area contributed by atoms with Crippen LogP contribution in [0, 0.1) is 0 Å². The molecule has 0 unspecified atom stereocenters. The number of guanidine groups is 1. The first-order valence-electron chi connectivity index (χ1n) is 8.18. The van der Waals surface area contributed by atoms with Crippen molar-refractivity contribution < 1.29 is 0 Å². The monoisotopic (exact) mass is 340 g/mol. The van der Waals surface area contributed by atoms with Crippen molar-refractivity contribution in [1.29, 1.82) is 0 Å². The highest BCUT2D eigenvalue weighted by Gasteiger charge is 2.09. The van der Waals surface area contributed by atoms with Gasteiger partial charge in [-0.25, -0.2) is 0 Å². The van der Waals surface area contributed by atoms with Crippen LogP contribution >= 0.6 is 11.3 Å². The van der Waals surface area contributed by atoms with Gasteiger partial charge in [0.05, 0.1) is 0 Å². The molecular weight excluding hydrogens is 316 g/mol. The Hall–Kier alpha value is -2.27. The summed E-state index contributed by atoms with van der Waals surface area (Å²) in [5.41, 5.74) is 3.85. The van der Waals surface area contributed by atoms with E-state index < -0.39 is 0 Å². The number of benzene rings is 1. The molecule has 3 rings (SSSR count). The van der Waals surface area contributed by atoms with E-state index in [0.29, 0.717) is 0 Å². The lowest BCUT2D eigenvalue weighted by molar-refractivity contribution is 0.477. The number of hydrogen-bond donors (Lipinski definition) is 1. The van der Waals surface area contributed by atoms with Gasteiger partial charge in [-0.3, -0.25) is 4.99 Å². The zero-order chi connectivity index (χ0) is 16.8. The van der Waals surface area contributed by atoms with Crippen molar-refractivity contribution in [2.45, 2.75) is 13.1 Å². The molecule has 1 aliphatic heterocycles. The van der Waals surface area contributed by atoms with Crippen LogP contribution in [0.2, 0.25) is 0 Å². The van der Waals surface area contributed by atoms with Crippen molar-refractivity contribution in [1.82, 2.24) is 10.2 Å². The number of anilines is 1. The van der Waals surface area contributed by atoms with E-state index >= 15 is 0 Å². The lowest BCUT2D eigenvalue weighted by Crippen LogP contribution is -2.37. The summed E-state index contributed by atoms with van der Waals surface area (Å²) in [6.07, 6.45) is 4.42. The Labute approximate surface area is 148 Å². The highest BCUT2D eigenvalue weighted by molar-refractivity contribution is 7.07. The lowest BCUT2D eigenvalue weighted by Gasteiger charge is -2.22. The van der Waals surface area contributed by atoms with Gasteiger partial charge in [-0.05, 0) is 40.1 Å². The van der Waals surface area contributed by atoms with Crippen molar-refractivity contribution in [3.63, 3.8) is 0 Å². The molecular formula is C19H24N4S. The van der Waals surface area contributed by atoms with Crippen molar-refractivity contribution in [3.05, 3.63) is 64.4 Å². The second kappa shape index (κ2) is 8.02. The molecule has 5 heteroatoms. The summed E-state index contributed by atoms with van der Waals surface area (Å²) < 4.78 is 0. The fraction of sp³-hybridized carbons (Fsp3) is 0.316. The van der Waals surface area contributed by atoms with Crippen molar-refractivity contribution in [2.24, 2.45) is 4.99 Å². The predicted octanol–water partition coefficient (Wildman–Crippen LogP) is 3.33. The van der Waals surface area contributed by atoms with Gasteiger partial charge >= 0.3 is 0 Å². The van der Waals surface area contributed by atoms with Crippen LogP contribution in [0.5, 0.6) is 0 Å². The molecule has 0 amide bonds. The maximum Gasteiger partial charge on any atom is 0.193 e. The van der Waals surface area contributed by atoms with Crippen LogP contribution in [0.1, 0.15) is 11.1 Å². The Balaban J connectivity index is 1.53. The summed E-state index contributed by atoms with van der Waals surface area (Å²) in [6, 6.07) is 10.9. The first kappa shape index (κ1) is 16.6. The SMILES string of the molecule is CN=C(NCc1ccc(N2CC=CC2)cc1)N(C)Cc1ccsc1. The molecule has 1 N–H and O–H groups in total. The number of aliphatic imine (C=N–C) groups is 1. The number of rotatable bonds is 5. The van der Waals surface area contributed by atoms with Crippen LogP contribution in [0.3, 0.4) is 0 Å². The Kier molecular flexibility index (Phi) is 5.54. The molecule has 1 aromatic carbocycles. The van der Waals surface area contributed by atoms with Gasteiger partial charge in [-0.15, -0.1) is 0 Å². The predicted molar refractivity (Wildman–Crippen MR) is 104 cm³/mol. The minimum atomic E-state index is 0.777. The molecule has 0 radical (unpaired) electrons. The van der Waals surface area contributed by atoms with E-state index in [1.807, 2.05) is 7.05 Å². The first-order valence-corrected chi connectivity index (χ1v) is 9.12. The summed E-state index contributed by atoms with van der Waals surface area (Å²) >= 11 is 1.73.